The minimum absolute atomic E-state index is 0.0663. The Kier molecular flexibility index (Phi) is 5.59. The number of carbonyl (C=O) groups is 1. The van der Waals surface area contributed by atoms with Crippen LogP contribution >= 0.6 is 0 Å². The number of methoxy groups -OCH3 is 1. The number of nitrogens with one attached hydrogen (secondary N) is 1. The molecule has 0 radical (unpaired) electrons. The molecular formula is C26H33N3O3. The maximum absolute atomic E-state index is 13.0. The molecule has 0 unspecified atom stereocenters. The first kappa shape index (κ1) is 21.3. The lowest BCUT2D eigenvalue weighted by molar-refractivity contribution is -0.127. The summed E-state index contributed by atoms with van der Waals surface area (Å²) in [6.45, 7) is 2.17. The summed E-state index contributed by atoms with van der Waals surface area (Å²) < 4.78 is 5.31. The van der Waals surface area contributed by atoms with Gasteiger partial charge in [0.25, 0.3) is 0 Å². The van der Waals surface area contributed by atoms with Crippen LogP contribution in [0.3, 0.4) is 0 Å². The van der Waals surface area contributed by atoms with E-state index in [1.165, 1.54) is 0 Å². The number of piperidine rings is 1. The van der Waals surface area contributed by atoms with Crippen LogP contribution in [0.4, 0.5) is 5.69 Å². The van der Waals surface area contributed by atoms with Crippen molar-refractivity contribution in [3.63, 3.8) is 0 Å². The summed E-state index contributed by atoms with van der Waals surface area (Å²) >= 11 is 0. The van der Waals surface area contributed by atoms with Gasteiger partial charge < -0.3 is 20.1 Å². The second-order valence-corrected chi connectivity index (χ2v) is 9.41. The van der Waals surface area contributed by atoms with E-state index in [2.05, 4.69) is 27.2 Å². The Morgan fingerprint density at radius 3 is 2.41 bits per heavy atom. The van der Waals surface area contributed by atoms with Crippen LogP contribution in [0.5, 0.6) is 5.75 Å². The molecule has 6 heteroatoms. The van der Waals surface area contributed by atoms with Gasteiger partial charge in [-0.3, -0.25) is 9.69 Å². The second-order valence-electron chi connectivity index (χ2n) is 9.41. The molecule has 1 amide bonds. The Morgan fingerprint density at radius 1 is 1.00 bits per heavy atom. The third-order valence-corrected chi connectivity index (χ3v) is 7.90. The van der Waals surface area contributed by atoms with E-state index in [0.717, 1.165) is 68.6 Å². The zero-order valence-corrected chi connectivity index (χ0v) is 18.8. The normalized spacial score (nSPS) is 28.0. The fourth-order valence-electron chi connectivity index (χ4n) is 6.08. The number of aliphatic hydroxyl groups is 1. The summed E-state index contributed by atoms with van der Waals surface area (Å²) in [7, 11) is 1.66. The summed E-state index contributed by atoms with van der Waals surface area (Å²) in [4.78, 5) is 17.7. The predicted molar refractivity (Wildman–Crippen MR) is 125 cm³/mol. The zero-order valence-electron chi connectivity index (χ0n) is 18.8. The monoisotopic (exact) mass is 435 g/mol. The molecule has 3 aliphatic rings. The second kappa shape index (κ2) is 8.41. The van der Waals surface area contributed by atoms with Crippen molar-refractivity contribution in [2.75, 3.05) is 31.8 Å². The number of benzene rings is 2. The Morgan fingerprint density at radius 2 is 1.72 bits per heavy atom. The van der Waals surface area contributed by atoms with Crippen molar-refractivity contribution in [3.8, 4) is 5.75 Å². The maximum Gasteiger partial charge on any atom is 0.247 e. The lowest BCUT2D eigenvalue weighted by Gasteiger charge is -2.51. The molecule has 2 saturated heterocycles. The van der Waals surface area contributed by atoms with Gasteiger partial charge in [0.05, 0.1) is 13.8 Å². The highest BCUT2D eigenvalue weighted by molar-refractivity contribution is 5.93. The number of hydrogen-bond acceptors (Lipinski definition) is 5. The average molecular weight is 436 g/mol. The number of ether oxygens (including phenoxy) is 1. The largest absolute Gasteiger partial charge is 0.497 e. The molecule has 2 aromatic rings. The fourth-order valence-corrected chi connectivity index (χ4v) is 6.08. The van der Waals surface area contributed by atoms with E-state index in [1.54, 1.807) is 7.11 Å². The minimum Gasteiger partial charge on any atom is -0.497 e. The van der Waals surface area contributed by atoms with Crippen LogP contribution in [-0.4, -0.2) is 54.4 Å². The molecule has 170 valence electrons. The Balaban J connectivity index is 1.37. The SMILES string of the molecule is COc1ccc([C@@]2(O)CCCC[C@H]2N2CCC3(CC2)C(=O)NCN3c2ccccc2)cc1. The predicted octanol–water partition coefficient (Wildman–Crippen LogP) is 3.25. The van der Waals surface area contributed by atoms with Gasteiger partial charge >= 0.3 is 0 Å². The third-order valence-electron chi connectivity index (χ3n) is 7.90. The van der Waals surface area contributed by atoms with Crippen molar-refractivity contribution >= 4 is 11.6 Å². The number of carbonyl (C=O) groups excluding carboxylic acids is 1. The van der Waals surface area contributed by atoms with Crippen LogP contribution in [0.25, 0.3) is 0 Å². The minimum atomic E-state index is -0.869. The molecule has 1 spiro atoms. The number of rotatable bonds is 4. The van der Waals surface area contributed by atoms with Crippen molar-refractivity contribution < 1.29 is 14.6 Å². The van der Waals surface area contributed by atoms with Crippen molar-refractivity contribution in [2.24, 2.45) is 0 Å². The Hall–Kier alpha value is -2.57. The quantitative estimate of drug-likeness (QED) is 0.772. The lowest BCUT2D eigenvalue weighted by Crippen LogP contribution is -2.61. The molecular weight excluding hydrogens is 402 g/mol. The van der Waals surface area contributed by atoms with Gasteiger partial charge in [-0.1, -0.05) is 43.2 Å². The van der Waals surface area contributed by atoms with Crippen LogP contribution in [0, 0.1) is 0 Å². The number of anilines is 1. The summed E-state index contributed by atoms with van der Waals surface area (Å²) in [6.07, 6.45) is 5.43. The van der Waals surface area contributed by atoms with Gasteiger partial charge in [0, 0.05) is 24.8 Å². The Bertz CT molecular complexity index is 941. The average Bonchev–Trinajstić information content (AvgIpc) is 3.16. The number of hydrogen-bond donors (Lipinski definition) is 2. The van der Waals surface area contributed by atoms with Gasteiger partial charge in [-0.05, 0) is 55.5 Å². The topological polar surface area (TPSA) is 65.0 Å². The van der Waals surface area contributed by atoms with E-state index in [0.29, 0.717) is 6.67 Å². The maximum atomic E-state index is 13.0. The molecule has 1 saturated carbocycles. The van der Waals surface area contributed by atoms with Crippen molar-refractivity contribution in [3.05, 3.63) is 60.2 Å². The van der Waals surface area contributed by atoms with Gasteiger partial charge in [0.15, 0.2) is 0 Å². The van der Waals surface area contributed by atoms with Crippen LogP contribution in [0.15, 0.2) is 54.6 Å². The Labute approximate surface area is 190 Å². The first-order chi connectivity index (χ1) is 15.6. The molecule has 2 aromatic carbocycles. The molecule has 2 N–H and O–H groups in total. The zero-order chi connectivity index (χ0) is 22.2. The highest BCUT2D eigenvalue weighted by Gasteiger charge is 2.53. The van der Waals surface area contributed by atoms with E-state index in [1.807, 2.05) is 42.5 Å². The summed E-state index contributed by atoms with van der Waals surface area (Å²) in [5, 5.41) is 15.0. The van der Waals surface area contributed by atoms with Crippen molar-refractivity contribution in [1.82, 2.24) is 10.2 Å². The van der Waals surface area contributed by atoms with Crippen molar-refractivity contribution in [2.45, 2.75) is 55.7 Å². The summed E-state index contributed by atoms with van der Waals surface area (Å²) in [5.41, 5.74) is 0.691. The number of amides is 1. The lowest BCUT2D eigenvalue weighted by atomic mass is 9.73. The first-order valence-corrected chi connectivity index (χ1v) is 11.8. The molecule has 0 bridgehead atoms. The third kappa shape index (κ3) is 3.46. The molecule has 2 aliphatic heterocycles. The number of nitrogens with zero attached hydrogens (tertiary/aromatic N) is 2. The van der Waals surface area contributed by atoms with E-state index in [4.69, 9.17) is 4.74 Å². The first-order valence-electron chi connectivity index (χ1n) is 11.8. The standard InChI is InChI=1S/C26H33N3O3/c1-32-22-12-10-20(11-13-22)26(31)14-6-5-9-23(26)28-17-15-25(16-18-28)24(30)27-19-29(25)21-7-3-2-4-8-21/h2-4,7-8,10-13,23,31H,5-6,9,14-19H2,1H3,(H,27,30)/t23-,26+/m1/s1. The molecule has 1 aliphatic carbocycles. The van der Waals surface area contributed by atoms with Crippen LogP contribution in [-0.2, 0) is 10.4 Å². The van der Waals surface area contributed by atoms with E-state index >= 15 is 0 Å². The molecule has 2 atom stereocenters. The number of likely N-dealkylation sites (tertiary alicyclic amines) is 1. The molecule has 5 rings (SSSR count). The van der Waals surface area contributed by atoms with Gasteiger partial charge in [-0.2, -0.15) is 0 Å². The summed E-state index contributed by atoms with van der Waals surface area (Å²) in [6, 6.07) is 18.2. The molecule has 2 heterocycles. The highest BCUT2D eigenvalue weighted by Crippen LogP contribution is 2.43. The van der Waals surface area contributed by atoms with Gasteiger partial charge in [0.2, 0.25) is 5.91 Å². The molecule has 0 aromatic heterocycles. The van der Waals surface area contributed by atoms with E-state index in [9.17, 15) is 9.90 Å². The van der Waals surface area contributed by atoms with Crippen LogP contribution < -0.4 is 15.0 Å². The van der Waals surface area contributed by atoms with Gasteiger partial charge in [-0.25, -0.2) is 0 Å². The van der Waals surface area contributed by atoms with Crippen molar-refractivity contribution in [1.29, 1.82) is 0 Å². The molecule has 32 heavy (non-hydrogen) atoms. The van der Waals surface area contributed by atoms with Crippen LogP contribution in [0.1, 0.15) is 44.1 Å². The fraction of sp³-hybridized carbons (Fsp3) is 0.500. The van der Waals surface area contributed by atoms with E-state index in [-0.39, 0.29) is 11.9 Å². The van der Waals surface area contributed by atoms with Gasteiger partial charge in [-0.15, -0.1) is 0 Å². The van der Waals surface area contributed by atoms with E-state index < -0.39 is 11.1 Å². The van der Waals surface area contributed by atoms with Crippen LogP contribution in [0.2, 0.25) is 0 Å². The molecule has 3 fully saturated rings. The summed E-state index contributed by atoms with van der Waals surface area (Å²) in [5.74, 6) is 0.938. The molecule has 6 nitrogen and oxygen atoms in total. The highest BCUT2D eigenvalue weighted by atomic mass is 16.5. The smallest absolute Gasteiger partial charge is 0.247 e. The van der Waals surface area contributed by atoms with Gasteiger partial charge in [0.1, 0.15) is 16.9 Å². The number of para-hydroxylation sites is 1.